The molecule has 0 radical (unpaired) electrons. The van der Waals surface area contributed by atoms with Gasteiger partial charge in [0.25, 0.3) is 0 Å². The van der Waals surface area contributed by atoms with Crippen LogP contribution in [0.25, 0.3) is 0 Å². The van der Waals surface area contributed by atoms with E-state index >= 15 is 0 Å². The van der Waals surface area contributed by atoms with Crippen molar-refractivity contribution in [1.82, 2.24) is 5.32 Å². The average molecular weight is 219 g/mol. The summed E-state index contributed by atoms with van der Waals surface area (Å²) >= 11 is 0. The molecule has 82 valence electrons. The Balaban J connectivity index is 1.80. The Hall–Kier alpha value is -0.130. The number of nitrogens with one attached hydrogen (secondary N) is 1. The first-order chi connectivity index (χ1) is 6.57. The van der Waals surface area contributed by atoms with E-state index in [0.29, 0.717) is 5.92 Å². The molecule has 1 heterocycles. The van der Waals surface area contributed by atoms with Crippen molar-refractivity contribution in [2.45, 2.75) is 31.4 Å². The topological polar surface area (TPSA) is 66.4 Å². The number of hydrogen-bond acceptors (Lipinski definition) is 4. The summed E-state index contributed by atoms with van der Waals surface area (Å²) in [5, 5.41) is 12.6. The van der Waals surface area contributed by atoms with E-state index in [1.54, 1.807) is 0 Å². The summed E-state index contributed by atoms with van der Waals surface area (Å²) in [6.07, 6.45) is 3.06. The molecule has 2 atom stereocenters. The molecule has 0 aromatic heterocycles. The molecule has 5 heteroatoms. The summed E-state index contributed by atoms with van der Waals surface area (Å²) in [5.74, 6) is 0.724. The normalized spacial score (nSPS) is 36.9. The van der Waals surface area contributed by atoms with Crippen molar-refractivity contribution in [2.24, 2.45) is 5.92 Å². The lowest BCUT2D eigenvalue weighted by Gasteiger charge is -2.27. The van der Waals surface area contributed by atoms with Crippen LogP contribution in [0.2, 0.25) is 0 Å². The van der Waals surface area contributed by atoms with Crippen LogP contribution in [0, 0.1) is 5.92 Å². The van der Waals surface area contributed by atoms with Gasteiger partial charge in [-0.15, -0.1) is 0 Å². The first-order valence-corrected chi connectivity index (χ1v) is 7.01. The van der Waals surface area contributed by atoms with E-state index in [4.69, 9.17) is 0 Å². The van der Waals surface area contributed by atoms with E-state index in [1.807, 2.05) is 0 Å². The highest BCUT2D eigenvalue weighted by Crippen LogP contribution is 2.25. The lowest BCUT2D eigenvalue weighted by molar-refractivity contribution is 0.158. The highest BCUT2D eigenvalue weighted by molar-refractivity contribution is 7.91. The Bertz CT molecular complexity index is 297. The number of sulfone groups is 1. The van der Waals surface area contributed by atoms with Gasteiger partial charge in [-0.1, -0.05) is 6.42 Å². The molecule has 0 spiro atoms. The Kier molecular flexibility index (Phi) is 2.81. The van der Waals surface area contributed by atoms with Crippen molar-refractivity contribution in [3.05, 3.63) is 0 Å². The van der Waals surface area contributed by atoms with Crippen LogP contribution in [0.1, 0.15) is 19.3 Å². The highest BCUT2D eigenvalue weighted by Gasteiger charge is 2.36. The second kappa shape index (κ2) is 3.79. The zero-order valence-electron chi connectivity index (χ0n) is 8.15. The molecule has 1 saturated heterocycles. The third-order valence-electron chi connectivity index (χ3n) is 3.22. The third kappa shape index (κ3) is 2.27. The predicted molar refractivity (Wildman–Crippen MR) is 53.8 cm³/mol. The predicted octanol–water partition coefficient (Wildman–Crippen LogP) is -0.466. The largest absolute Gasteiger partial charge is 0.390 e. The van der Waals surface area contributed by atoms with E-state index < -0.39 is 15.9 Å². The Labute approximate surface area is 84.6 Å². The zero-order chi connectivity index (χ0) is 10.2. The van der Waals surface area contributed by atoms with E-state index in [0.717, 1.165) is 6.54 Å². The van der Waals surface area contributed by atoms with Crippen molar-refractivity contribution in [3.63, 3.8) is 0 Å². The van der Waals surface area contributed by atoms with Crippen LogP contribution >= 0.6 is 0 Å². The molecule has 0 aromatic carbocycles. The van der Waals surface area contributed by atoms with Crippen LogP contribution < -0.4 is 5.32 Å². The van der Waals surface area contributed by atoms with Crippen LogP contribution in [0.4, 0.5) is 0 Å². The lowest BCUT2D eigenvalue weighted by atomic mass is 9.85. The van der Waals surface area contributed by atoms with Gasteiger partial charge in [-0.25, -0.2) is 8.42 Å². The van der Waals surface area contributed by atoms with Gasteiger partial charge in [0.2, 0.25) is 0 Å². The molecule has 2 unspecified atom stereocenters. The van der Waals surface area contributed by atoms with Gasteiger partial charge in [0.05, 0.1) is 17.6 Å². The lowest BCUT2D eigenvalue weighted by Crippen LogP contribution is -2.42. The Morgan fingerprint density at radius 2 is 2.00 bits per heavy atom. The van der Waals surface area contributed by atoms with Crippen LogP contribution in [0.15, 0.2) is 0 Å². The minimum Gasteiger partial charge on any atom is -0.390 e. The fourth-order valence-electron chi connectivity index (χ4n) is 2.04. The van der Waals surface area contributed by atoms with Gasteiger partial charge in [-0.3, -0.25) is 0 Å². The van der Waals surface area contributed by atoms with E-state index in [9.17, 15) is 13.5 Å². The molecular formula is C9H17NO3S. The molecule has 2 fully saturated rings. The van der Waals surface area contributed by atoms with Gasteiger partial charge in [-0.2, -0.15) is 0 Å². The third-order valence-corrected chi connectivity index (χ3v) is 4.93. The fourth-order valence-corrected chi connectivity index (χ4v) is 3.81. The van der Waals surface area contributed by atoms with Crippen LogP contribution in [0.3, 0.4) is 0 Å². The molecule has 14 heavy (non-hydrogen) atoms. The second-order valence-electron chi connectivity index (χ2n) is 4.46. The minimum atomic E-state index is -2.99. The van der Waals surface area contributed by atoms with Gasteiger partial charge >= 0.3 is 0 Å². The first kappa shape index (κ1) is 10.4. The van der Waals surface area contributed by atoms with Gasteiger partial charge < -0.3 is 10.4 Å². The molecule has 4 nitrogen and oxygen atoms in total. The standard InChI is InChI=1S/C9H17NO3S/c11-9-6-14(12,13)5-8(9)10-4-7-2-1-3-7/h7-11H,1-6H2. The maximum Gasteiger partial charge on any atom is 0.154 e. The smallest absolute Gasteiger partial charge is 0.154 e. The van der Waals surface area contributed by atoms with Crippen molar-refractivity contribution >= 4 is 9.84 Å². The quantitative estimate of drug-likeness (QED) is 0.674. The summed E-state index contributed by atoms with van der Waals surface area (Å²) in [6.45, 7) is 0.858. The molecule has 2 N–H and O–H groups in total. The summed E-state index contributed by atoms with van der Waals surface area (Å²) in [6, 6.07) is -0.236. The summed E-state index contributed by atoms with van der Waals surface area (Å²) in [7, 11) is -2.99. The maximum absolute atomic E-state index is 11.2. The Morgan fingerprint density at radius 1 is 1.29 bits per heavy atom. The van der Waals surface area contributed by atoms with Crippen LogP contribution in [-0.4, -0.2) is 43.7 Å². The minimum absolute atomic E-state index is 0.0741. The van der Waals surface area contributed by atoms with Crippen molar-refractivity contribution in [2.75, 3.05) is 18.1 Å². The van der Waals surface area contributed by atoms with Crippen LogP contribution in [0.5, 0.6) is 0 Å². The Morgan fingerprint density at radius 3 is 2.43 bits per heavy atom. The number of rotatable bonds is 3. The van der Waals surface area contributed by atoms with Gasteiger partial charge in [0.1, 0.15) is 0 Å². The first-order valence-electron chi connectivity index (χ1n) is 5.19. The molecule has 2 rings (SSSR count). The van der Waals surface area contributed by atoms with E-state index in [-0.39, 0.29) is 17.5 Å². The molecular weight excluding hydrogens is 202 g/mol. The molecule has 1 saturated carbocycles. The highest BCUT2D eigenvalue weighted by atomic mass is 32.2. The molecule has 0 aromatic rings. The fraction of sp³-hybridized carbons (Fsp3) is 1.00. The van der Waals surface area contributed by atoms with Crippen LogP contribution in [-0.2, 0) is 9.84 Å². The molecule has 0 amide bonds. The summed E-state index contributed by atoms with van der Waals surface area (Å²) in [4.78, 5) is 0. The van der Waals surface area contributed by atoms with Crippen molar-refractivity contribution in [1.29, 1.82) is 0 Å². The molecule has 1 aliphatic carbocycles. The van der Waals surface area contributed by atoms with E-state index in [2.05, 4.69) is 5.32 Å². The molecule has 0 bridgehead atoms. The SMILES string of the molecule is O=S1(=O)CC(O)C(NCC2CCC2)C1. The van der Waals surface area contributed by atoms with E-state index in [1.165, 1.54) is 19.3 Å². The average Bonchev–Trinajstić information content (AvgIpc) is 2.21. The number of aliphatic hydroxyl groups is 1. The van der Waals surface area contributed by atoms with Crippen molar-refractivity contribution in [3.8, 4) is 0 Å². The zero-order valence-corrected chi connectivity index (χ0v) is 8.96. The monoisotopic (exact) mass is 219 g/mol. The van der Waals surface area contributed by atoms with Gasteiger partial charge in [-0.05, 0) is 25.3 Å². The number of aliphatic hydroxyl groups excluding tert-OH is 1. The summed E-state index contributed by atoms with van der Waals surface area (Å²) in [5.41, 5.74) is 0. The van der Waals surface area contributed by atoms with Gasteiger partial charge in [0, 0.05) is 6.04 Å². The molecule has 2 aliphatic rings. The molecule has 1 aliphatic heterocycles. The van der Waals surface area contributed by atoms with Gasteiger partial charge in [0.15, 0.2) is 9.84 Å². The van der Waals surface area contributed by atoms with Crippen molar-refractivity contribution < 1.29 is 13.5 Å². The second-order valence-corrected chi connectivity index (χ2v) is 6.61. The maximum atomic E-state index is 11.2. The number of hydrogen-bond donors (Lipinski definition) is 2. The summed E-state index contributed by atoms with van der Waals surface area (Å²) < 4.78 is 22.4.